The Labute approximate surface area is 117 Å². The molecule has 1 aliphatic heterocycles. The van der Waals surface area contributed by atoms with Crippen molar-refractivity contribution in [3.8, 4) is 0 Å². The van der Waals surface area contributed by atoms with Crippen molar-refractivity contribution in [2.75, 3.05) is 26.9 Å². The van der Waals surface area contributed by atoms with Gasteiger partial charge in [0.15, 0.2) is 6.04 Å². The first-order chi connectivity index (χ1) is 8.63. The third-order valence-electron chi connectivity index (χ3n) is 2.65. The van der Waals surface area contributed by atoms with Crippen molar-refractivity contribution in [2.45, 2.75) is 6.04 Å². The number of ether oxygens (including phenoxy) is 2. The number of carbonyl (C=O) groups is 2. The number of hydrogen-bond acceptors (Lipinski definition) is 5. The van der Waals surface area contributed by atoms with Crippen molar-refractivity contribution >= 4 is 39.1 Å². The van der Waals surface area contributed by atoms with Gasteiger partial charge in [0.1, 0.15) is 0 Å². The van der Waals surface area contributed by atoms with Crippen molar-refractivity contribution in [1.82, 2.24) is 4.90 Å². The van der Waals surface area contributed by atoms with E-state index in [4.69, 9.17) is 9.47 Å². The zero-order chi connectivity index (χ0) is 13.1. The minimum Gasteiger partial charge on any atom is -0.467 e. The molecule has 1 aromatic rings. The van der Waals surface area contributed by atoms with E-state index < -0.39 is 12.0 Å². The van der Waals surface area contributed by atoms with Crippen LogP contribution in [-0.2, 0) is 14.3 Å². The lowest BCUT2D eigenvalue weighted by atomic mass is 10.2. The maximum Gasteiger partial charge on any atom is 0.331 e. The molecule has 1 saturated heterocycles. The predicted molar refractivity (Wildman–Crippen MR) is 69.7 cm³/mol. The fraction of sp³-hybridized carbons (Fsp3) is 0.455. The van der Waals surface area contributed by atoms with E-state index in [-0.39, 0.29) is 12.5 Å². The second-order valence-corrected chi connectivity index (χ2v) is 6.18. The summed E-state index contributed by atoms with van der Waals surface area (Å²) in [5.41, 5.74) is 0. The summed E-state index contributed by atoms with van der Waals surface area (Å²) < 4.78 is 10.8. The van der Waals surface area contributed by atoms with Crippen molar-refractivity contribution < 1.29 is 19.1 Å². The molecular weight excluding hydrogens is 322 g/mol. The van der Waals surface area contributed by atoms with E-state index in [1.165, 1.54) is 23.3 Å². The zero-order valence-corrected chi connectivity index (χ0v) is 12.1. The first-order valence-electron chi connectivity index (χ1n) is 5.35. The van der Waals surface area contributed by atoms with E-state index in [2.05, 4.69) is 15.9 Å². The summed E-state index contributed by atoms with van der Waals surface area (Å²) in [6.07, 6.45) is 0. The lowest BCUT2D eigenvalue weighted by Crippen LogP contribution is -2.52. The molecule has 1 aromatic heterocycles. The van der Waals surface area contributed by atoms with Crippen LogP contribution < -0.4 is 0 Å². The van der Waals surface area contributed by atoms with Gasteiger partial charge in [-0.1, -0.05) is 0 Å². The molecule has 1 atom stereocenters. The van der Waals surface area contributed by atoms with E-state index >= 15 is 0 Å². The third kappa shape index (κ3) is 2.73. The molecule has 18 heavy (non-hydrogen) atoms. The number of nitrogens with zero attached hydrogens (tertiary/aromatic N) is 1. The van der Waals surface area contributed by atoms with Gasteiger partial charge in [-0.2, -0.15) is 0 Å². The maximum atomic E-state index is 12.3. The second kappa shape index (κ2) is 5.81. The SMILES string of the molecule is COC(=O)C1COCCN1C(=O)c1ccc(Br)s1. The third-order valence-corrected chi connectivity index (χ3v) is 4.26. The summed E-state index contributed by atoms with van der Waals surface area (Å²) in [7, 11) is 1.31. The van der Waals surface area contributed by atoms with E-state index in [9.17, 15) is 9.59 Å². The Kier molecular flexibility index (Phi) is 4.36. The number of carbonyl (C=O) groups excluding carboxylic acids is 2. The van der Waals surface area contributed by atoms with E-state index in [0.29, 0.717) is 18.0 Å². The van der Waals surface area contributed by atoms with Crippen LogP contribution in [0.3, 0.4) is 0 Å². The van der Waals surface area contributed by atoms with Crippen molar-refractivity contribution in [3.05, 3.63) is 20.8 Å². The van der Waals surface area contributed by atoms with Gasteiger partial charge in [0, 0.05) is 6.54 Å². The molecule has 98 valence electrons. The fourth-order valence-electron chi connectivity index (χ4n) is 1.75. The molecule has 0 aliphatic carbocycles. The number of thiophene rings is 1. The zero-order valence-electron chi connectivity index (χ0n) is 9.72. The maximum absolute atomic E-state index is 12.3. The number of hydrogen-bond donors (Lipinski definition) is 0. The summed E-state index contributed by atoms with van der Waals surface area (Å²) in [4.78, 5) is 26.0. The lowest BCUT2D eigenvalue weighted by Gasteiger charge is -2.33. The van der Waals surface area contributed by atoms with Gasteiger partial charge in [0.05, 0.1) is 29.0 Å². The number of esters is 1. The Balaban J connectivity index is 2.18. The minimum absolute atomic E-state index is 0.163. The summed E-state index contributed by atoms with van der Waals surface area (Å²) in [6.45, 7) is 1.02. The van der Waals surface area contributed by atoms with E-state index in [1.54, 1.807) is 6.07 Å². The average molecular weight is 334 g/mol. The fourth-order valence-corrected chi connectivity index (χ4v) is 3.09. The molecule has 0 spiro atoms. The quantitative estimate of drug-likeness (QED) is 0.770. The summed E-state index contributed by atoms with van der Waals surface area (Å²) in [6, 6.07) is 2.89. The highest BCUT2D eigenvalue weighted by Crippen LogP contribution is 2.24. The Morgan fingerprint density at radius 2 is 2.33 bits per heavy atom. The lowest BCUT2D eigenvalue weighted by molar-refractivity contribution is -0.151. The van der Waals surface area contributed by atoms with Crippen molar-refractivity contribution in [2.24, 2.45) is 0 Å². The number of amides is 1. The van der Waals surface area contributed by atoms with E-state index in [1.807, 2.05) is 6.07 Å². The van der Waals surface area contributed by atoms with Crippen LogP contribution in [0.25, 0.3) is 0 Å². The van der Waals surface area contributed by atoms with Crippen LogP contribution in [0.1, 0.15) is 9.67 Å². The van der Waals surface area contributed by atoms with Crippen molar-refractivity contribution in [3.63, 3.8) is 0 Å². The van der Waals surface area contributed by atoms with Gasteiger partial charge in [-0.3, -0.25) is 4.79 Å². The largest absolute Gasteiger partial charge is 0.467 e. The highest BCUT2D eigenvalue weighted by molar-refractivity contribution is 9.11. The highest BCUT2D eigenvalue weighted by atomic mass is 79.9. The van der Waals surface area contributed by atoms with Crippen LogP contribution in [0.4, 0.5) is 0 Å². The van der Waals surface area contributed by atoms with E-state index in [0.717, 1.165) is 3.79 Å². The number of morpholine rings is 1. The number of rotatable bonds is 2. The second-order valence-electron chi connectivity index (χ2n) is 3.72. The molecule has 2 rings (SSSR count). The number of halogens is 1. The molecule has 7 heteroatoms. The van der Waals surface area contributed by atoms with Gasteiger partial charge in [0.2, 0.25) is 0 Å². The molecule has 1 amide bonds. The Bertz CT molecular complexity index is 462. The molecule has 0 bridgehead atoms. The van der Waals surface area contributed by atoms with Crippen LogP contribution in [0, 0.1) is 0 Å². The highest BCUT2D eigenvalue weighted by Gasteiger charge is 2.34. The van der Waals surface area contributed by atoms with Crippen LogP contribution in [0.5, 0.6) is 0 Å². The van der Waals surface area contributed by atoms with Crippen molar-refractivity contribution in [1.29, 1.82) is 0 Å². The Morgan fingerprint density at radius 1 is 1.56 bits per heavy atom. The van der Waals surface area contributed by atoms with Gasteiger partial charge < -0.3 is 14.4 Å². The van der Waals surface area contributed by atoms with Crippen LogP contribution in [0.2, 0.25) is 0 Å². The van der Waals surface area contributed by atoms with Crippen LogP contribution in [0.15, 0.2) is 15.9 Å². The Morgan fingerprint density at radius 3 is 2.94 bits per heavy atom. The number of methoxy groups -OCH3 is 1. The molecule has 0 radical (unpaired) electrons. The molecule has 0 N–H and O–H groups in total. The minimum atomic E-state index is -0.655. The average Bonchev–Trinajstić information content (AvgIpc) is 2.83. The predicted octanol–water partition coefficient (Wildman–Crippen LogP) is 1.52. The molecule has 1 fully saturated rings. The summed E-state index contributed by atoms with van der Waals surface area (Å²) >= 11 is 4.66. The van der Waals surface area contributed by atoms with Crippen LogP contribution >= 0.6 is 27.3 Å². The molecule has 1 aliphatic rings. The topological polar surface area (TPSA) is 55.8 Å². The smallest absolute Gasteiger partial charge is 0.331 e. The first-order valence-corrected chi connectivity index (χ1v) is 6.96. The van der Waals surface area contributed by atoms with Gasteiger partial charge in [0.25, 0.3) is 5.91 Å². The molecule has 5 nitrogen and oxygen atoms in total. The first kappa shape index (κ1) is 13.5. The van der Waals surface area contributed by atoms with Gasteiger partial charge in [-0.15, -0.1) is 11.3 Å². The molecular formula is C11H12BrNO4S. The standard InChI is InChI=1S/C11H12BrNO4S/c1-16-11(15)7-6-17-5-4-13(7)10(14)8-2-3-9(12)18-8/h2-3,7H,4-6H2,1H3. The normalized spacial score (nSPS) is 19.7. The van der Waals surface area contributed by atoms with Gasteiger partial charge in [-0.05, 0) is 28.1 Å². The summed E-state index contributed by atoms with van der Waals surface area (Å²) in [5, 5.41) is 0. The van der Waals surface area contributed by atoms with Crippen LogP contribution in [-0.4, -0.2) is 49.7 Å². The van der Waals surface area contributed by atoms with Gasteiger partial charge >= 0.3 is 5.97 Å². The molecule has 0 saturated carbocycles. The monoisotopic (exact) mass is 333 g/mol. The molecule has 1 unspecified atom stereocenters. The molecule has 0 aromatic carbocycles. The summed E-state index contributed by atoms with van der Waals surface area (Å²) in [5.74, 6) is -0.608. The molecule has 2 heterocycles. The van der Waals surface area contributed by atoms with Gasteiger partial charge in [-0.25, -0.2) is 4.79 Å². The Hall–Kier alpha value is -0.920.